The van der Waals surface area contributed by atoms with Crippen molar-refractivity contribution in [2.45, 2.75) is 61.9 Å². The summed E-state index contributed by atoms with van der Waals surface area (Å²) in [6.07, 6.45) is 0.931. The first-order valence-electron chi connectivity index (χ1n) is 13.3. The van der Waals surface area contributed by atoms with Crippen LogP contribution in [0.3, 0.4) is 0 Å². The molecule has 198 valence electrons. The molecular weight excluding hydrogens is 472 g/mol. The molecule has 0 saturated heterocycles. The van der Waals surface area contributed by atoms with Crippen molar-refractivity contribution in [1.82, 2.24) is 0 Å². The molecule has 4 unspecified atom stereocenters. The maximum absolute atomic E-state index is 12.3. The first kappa shape index (κ1) is 27.7. The van der Waals surface area contributed by atoms with Crippen molar-refractivity contribution < 1.29 is 20.4 Å². The van der Waals surface area contributed by atoms with Crippen molar-refractivity contribution in [3.8, 4) is 0 Å². The molecule has 0 fully saturated rings. The summed E-state index contributed by atoms with van der Waals surface area (Å²) in [6, 6.07) is 36.8. The number of hydrogen-bond acceptors (Lipinski definition) is 4. The minimum atomic E-state index is -1.65. The van der Waals surface area contributed by atoms with Gasteiger partial charge in [0.1, 0.15) is 22.4 Å². The summed E-state index contributed by atoms with van der Waals surface area (Å²) in [5.74, 6) is 0. The van der Waals surface area contributed by atoms with Crippen LogP contribution >= 0.6 is 0 Å². The van der Waals surface area contributed by atoms with Gasteiger partial charge in [0.25, 0.3) is 0 Å². The van der Waals surface area contributed by atoms with Crippen molar-refractivity contribution in [3.63, 3.8) is 0 Å². The van der Waals surface area contributed by atoms with Crippen LogP contribution in [0.4, 0.5) is 0 Å². The molecule has 0 spiro atoms. The molecule has 0 aliphatic carbocycles. The molecule has 0 amide bonds. The maximum Gasteiger partial charge on any atom is 0.122 e. The summed E-state index contributed by atoms with van der Waals surface area (Å²) in [6.45, 7) is 3.49. The van der Waals surface area contributed by atoms with E-state index in [0.29, 0.717) is 28.7 Å². The molecule has 0 heterocycles. The van der Waals surface area contributed by atoms with E-state index in [4.69, 9.17) is 0 Å². The molecule has 0 aliphatic rings. The summed E-state index contributed by atoms with van der Waals surface area (Å²) in [5, 5.41) is 48.5. The lowest BCUT2D eigenvalue weighted by Crippen LogP contribution is -2.50. The van der Waals surface area contributed by atoms with E-state index in [1.54, 1.807) is 19.1 Å². The summed E-state index contributed by atoms with van der Waals surface area (Å²) >= 11 is 0. The summed E-state index contributed by atoms with van der Waals surface area (Å²) < 4.78 is 0. The first-order chi connectivity index (χ1) is 18.2. The average molecular weight is 511 g/mol. The monoisotopic (exact) mass is 510 g/mol. The van der Waals surface area contributed by atoms with Crippen molar-refractivity contribution in [3.05, 3.63) is 144 Å². The van der Waals surface area contributed by atoms with Crippen LogP contribution in [0.25, 0.3) is 0 Å². The molecule has 4 heteroatoms. The average Bonchev–Trinajstić information content (AvgIpc) is 2.98. The summed E-state index contributed by atoms with van der Waals surface area (Å²) in [7, 11) is 0. The Morgan fingerprint density at radius 1 is 0.447 bits per heavy atom. The lowest BCUT2D eigenvalue weighted by atomic mass is 9.67. The zero-order valence-corrected chi connectivity index (χ0v) is 22.2. The molecule has 4 N–H and O–H groups in total. The Hall–Kier alpha value is -3.28. The molecule has 0 saturated carbocycles. The van der Waals surface area contributed by atoms with Gasteiger partial charge in [0.2, 0.25) is 0 Å². The summed E-state index contributed by atoms with van der Waals surface area (Å²) in [5.41, 5.74) is -4.05. The van der Waals surface area contributed by atoms with Gasteiger partial charge in [0.05, 0.1) is 0 Å². The maximum atomic E-state index is 12.3. The molecular formula is C34H38O4. The normalized spacial score (nSPS) is 17.9. The van der Waals surface area contributed by atoms with Crippen LogP contribution in [0.2, 0.25) is 0 Å². The van der Waals surface area contributed by atoms with Crippen LogP contribution in [0.15, 0.2) is 121 Å². The van der Waals surface area contributed by atoms with E-state index in [9.17, 15) is 20.4 Å². The molecule has 0 bridgehead atoms. The second kappa shape index (κ2) is 11.2. The molecule has 4 aromatic rings. The number of aliphatic hydroxyl groups is 4. The highest BCUT2D eigenvalue weighted by Crippen LogP contribution is 2.49. The van der Waals surface area contributed by atoms with Crippen molar-refractivity contribution in [2.75, 3.05) is 0 Å². The molecule has 4 rings (SSSR count). The van der Waals surface area contributed by atoms with Crippen LogP contribution < -0.4 is 0 Å². The predicted octanol–water partition coefficient (Wildman–Crippen LogP) is 6.14. The Kier molecular flexibility index (Phi) is 8.19. The number of hydrogen-bond donors (Lipinski definition) is 4. The SMILES string of the molecule is CCC(O)(c1ccccc1)C(O)(CCCC(O)(c1ccccc1)C(C)(O)c1ccccc1)c1ccccc1. The topological polar surface area (TPSA) is 80.9 Å². The van der Waals surface area contributed by atoms with Gasteiger partial charge in [-0.15, -0.1) is 0 Å². The minimum absolute atomic E-state index is 0.155. The second-order valence-electron chi connectivity index (χ2n) is 10.3. The van der Waals surface area contributed by atoms with Crippen LogP contribution in [0.1, 0.15) is 61.8 Å². The molecule has 0 aromatic heterocycles. The van der Waals surface area contributed by atoms with Crippen LogP contribution in [-0.2, 0) is 22.4 Å². The van der Waals surface area contributed by atoms with Gasteiger partial charge in [-0.25, -0.2) is 0 Å². The van der Waals surface area contributed by atoms with Gasteiger partial charge >= 0.3 is 0 Å². The predicted molar refractivity (Wildman–Crippen MR) is 151 cm³/mol. The van der Waals surface area contributed by atoms with E-state index in [2.05, 4.69) is 0 Å². The Morgan fingerprint density at radius 3 is 1.16 bits per heavy atom. The molecule has 4 atom stereocenters. The van der Waals surface area contributed by atoms with E-state index in [1.807, 2.05) is 116 Å². The molecule has 0 radical (unpaired) electrons. The van der Waals surface area contributed by atoms with Gasteiger partial charge in [0, 0.05) is 0 Å². The highest BCUT2D eigenvalue weighted by molar-refractivity contribution is 5.35. The van der Waals surface area contributed by atoms with E-state index in [-0.39, 0.29) is 19.3 Å². The van der Waals surface area contributed by atoms with Gasteiger partial charge in [-0.2, -0.15) is 0 Å². The third kappa shape index (κ3) is 4.93. The van der Waals surface area contributed by atoms with Gasteiger partial charge in [-0.05, 0) is 54.9 Å². The van der Waals surface area contributed by atoms with E-state index in [0.717, 1.165) is 0 Å². The fraction of sp³-hybridized carbons (Fsp3) is 0.294. The third-order valence-corrected chi connectivity index (χ3v) is 8.17. The lowest BCUT2D eigenvalue weighted by molar-refractivity contribution is -0.183. The smallest absolute Gasteiger partial charge is 0.122 e. The van der Waals surface area contributed by atoms with Crippen LogP contribution in [-0.4, -0.2) is 20.4 Å². The quantitative estimate of drug-likeness (QED) is 0.195. The zero-order chi connectivity index (χ0) is 27.3. The number of benzene rings is 4. The lowest BCUT2D eigenvalue weighted by Gasteiger charge is -2.46. The molecule has 0 aliphatic heterocycles. The third-order valence-electron chi connectivity index (χ3n) is 8.17. The van der Waals surface area contributed by atoms with Crippen LogP contribution in [0, 0.1) is 0 Å². The first-order valence-corrected chi connectivity index (χ1v) is 13.3. The Morgan fingerprint density at radius 2 is 0.763 bits per heavy atom. The van der Waals surface area contributed by atoms with Gasteiger partial charge < -0.3 is 20.4 Å². The van der Waals surface area contributed by atoms with E-state index < -0.39 is 22.4 Å². The molecule has 4 aromatic carbocycles. The van der Waals surface area contributed by atoms with Crippen LogP contribution in [0.5, 0.6) is 0 Å². The van der Waals surface area contributed by atoms with Gasteiger partial charge in [-0.3, -0.25) is 0 Å². The highest BCUT2D eigenvalue weighted by Gasteiger charge is 2.52. The standard InChI is InChI=1S/C34H38O4/c1-3-32(36,28-19-10-5-11-20-28)34(38,30-23-14-7-15-24-30)26-16-25-33(37,29-21-12-6-13-22-29)31(2,35)27-17-8-4-9-18-27/h4-15,17-24,35-38H,3,16,25-26H2,1-2H3. The Balaban J connectivity index is 1.73. The largest absolute Gasteiger partial charge is 0.382 e. The minimum Gasteiger partial charge on any atom is -0.382 e. The second-order valence-corrected chi connectivity index (χ2v) is 10.3. The number of rotatable bonds is 11. The van der Waals surface area contributed by atoms with Gasteiger partial charge in [0.15, 0.2) is 0 Å². The van der Waals surface area contributed by atoms with Crippen molar-refractivity contribution in [1.29, 1.82) is 0 Å². The Bertz CT molecular complexity index is 1280. The van der Waals surface area contributed by atoms with Crippen molar-refractivity contribution in [2.24, 2.45) is 0 Å². The van der Waals surface area contributed by atoms with Crippen molar-refractivity contribution >= 4 is 0 Å². The zero-order valence-electron chi connectivity index (χ0n) is 22.2. The van der Waals surface area contributed by atoms with Gasteiger partial charge in [-0.1, -0.05) is 128 Å². The Labute approximate surface area is 225 Å². The fourth-order valence-electron chi connectivity index (χ4n) is 5.74. The summed E-state index contributed by atoms with van der Waals surface area (Å²) in [4.78, 5) is 0. The van der Waals surface area contributed by atoms with E-state index in [1.165, 1.54) is 0 Å². The highest BCUT2D eigenvalue weighted by atomic mass is 16.4. The fourth-order valence-corrected chi connectivity index (χ4v) is 5.74. The van der Waals surface area contributed by atoms with E-state index >= 15 is 0 Å². The molecule has 4 nitrogen and oxygen atoms in total. The molecule has 38 heavy (non-hydrogen) atoms.